The number of ketones is 1. The summed E-state index contributed by atoms with van der Waals surface area (Å²) >= 11 is 3.40. The zero-order valence-electron chi connectivity index (χ0n) is 13.8. The lowest BCUT2D eigenvalue weighted by molar-refractivity contribution is 0.0990. The molecule has 0 bridgehead atoms. The van der Waals surface area contributed by atoms with Crippen LogP contribution in [0.4, 0.5) is 0 Å². The number of carbonyl (C=O) groups excluding carboxylic acids is 1. The monoisotopic (exact) mass is 399 g/mol. The number of aromatic nitrogens is 1. The molecule has 1 unspecified atom stereocenters. The summed E-state index contributed by atoms with van der Waals surface area (Å²) in [5, 5.41) is 0.908. The first kappa shape index (κ1) is 17.4. The van der Waals surface area contributed by atoms with E-state index >= 15 is 0 Å². The molecule has 0 aliphatic heterocycles. The van der Waals surface area contributed by atoms with Crippen LogP contribution in [0, 0.1) is 0 Å². The third-order valence-corrected chi connectivity index (χ3v) is 5.03. The van der Waals surface area contributed by atoms with Gasteiger partial charge in [-0.15, -0.1) is 0 Å². The Morgan fingerprint density at radius 1 is 1.16 bits per heavy atom. The van der Waals surface area contributed by atoms with Gasteiger partial charge < -0.3 is 9.72 Å². The SMILES string of the molecule is CCC(Br)C(=O)c1cccc(COc2cccc3ccc(=O)[nH]c23)c1. The van der Waals surface area contributed by atoms with Gasteiger partial charge in [0.05, 0.1) is 10.3 Å². The molecular weight excluding hydrogens is 382 g/mol. The van der Waals surface area contributed by atoms with Crippen LogP contribution in [0.2, 0.25) is 0 Å². The van der Waals surface area contributed by atoms with E-state index in [-0.39, 0.29) is 16.2 Å². The standard InChI is InChI=1S/C20H18BrNO3/c1-2-16(21)20(24)15-7-3-5-13(11-15)12-25-17-8-4-6-14-9-10-18(23)22-19(14)17/h3-11,16H,2,12H2,1H3,(H,22,23). The van der Waals surface area contributed by atoms with Crippen molar-refractivity contribution in [1.29, 1.82) is 0 Å². The van der Waals surface area contributed by atoms with E-state index in [0.717, 1.165) is 17.4 Å². The minimum Gasteiger partial charge on any atom is -0.487 e. The fourth-order valence-corrected chi connectivity index (χ4v) is 2.88. The summed E-state index contributed by atoms with van der Waals surface area (Å²) in [5.74, 6) is 0.678. The van der Waals surface area contributed by atoms with E-state index in [2.05, 4.69) is 20.9 Å². The van der Waals surface area contributed by atoms with Crippen LogP contribution in [0.15, 0.2) is 59.4 Å². The normalized spacial score (nSPS) is 12.1. The molecule has 3 rings (SSSR count). The van der Waals surface area contributed by atoms with E-state index in [1.807, 2.05) is 49.4 Å². The van der Waals surface area contributed by atoms with Crippen molar-refractivity contribution < 1.29 is 9.53 Å². The molecule has 1 heterocycles. The molecule has 5 heteroatoms. The Morgan fingerprint density at radius 2 is 1.96 bits per heavy atom. The van der Waals surface area contributed by atoms with Crippen LogP contribution in [0.3, 0.4) is 0 Å². The topological polar surface area (TPSA) is 59.2 Å². The minimum atomic E-state index is -0.174. The number of benzene rings is 2. The van der Waals surface area contributed by atoms with Crippen molar-refractivity contribution in [1.82, 2.24) is 4.98 Å². The number of Topliss-reactive ketones (excluding diaryl/α,β-unsaturated/α-hetero) is 1. The zero-order chi connectivity index (χ0) is 17.8. The van der Waals surface area contributed by atoms with Gasteiger partial charge in [0, 0.05) is 17.0 Å². The van der Waals surface area contributed by atoms with Crippen LogP contribution in [-0.4, -0.2) is 15.6 Å². The predicted molar refractivity (Wildman–Crippen MR) is 103 cm³/mol. The molecule has 1 aromatic heterocycles. The molecule has 3 aromatic rings. The summed E-state index contributed by atoms with van der Waals surface area (Å²) in [6.45, 7) is 2.28. The average Bonchev–Trinajstić information content (AvgIpc) is 2.65. The lowest BCUT2D eigenvalue weighted by Gasteiger charge is -2.11. The van der Waals surface area contributed by atoms with Gasteiger partial charge in [0.25, 0.3) is 0 Å². The third-order valence-electron chi connectivity index (χ3n) is 3.97. The number of fused-ring (bicyclic) bond motifs is 1. The van der Waals surface area contributed by atoms with Gasteiger partial charge >= 0.3 is 0 Å². The van der Waals surface area contributed by atoms with Crippen molar-refractivity contribution in [3.63, 3.8) is 0 Å². The molecule has 2 aromatic carbocycles. The number of H-pyrrole nitrogens is 1. The van der Waals surface area contributed by atoms with Gasteiger partial charge in [-0.3, -0.25) is 9.59 Å². The summed E-state index contributed by atoms with van der Waals surface area (Å²) in [5.41, 5.74) is 2.07. The Balaban J connectivity index is 1.82. The van der Waals surface area contributed by atoms with Crippen LogP contribution >= 0.6 is 15.9 Å². The average molecular weight is 400 g/mol. The van der Waals surface area contributed by atoms with Gasteiger partial charge in [-0.25, -0.2) is 0 Å². The second-order valence-electron chi connectivity index (χ2n) is 5.77. The maximum absolute atomic E-state index is 12.3. The fourth-order valence-electron chi connectivity index (χ4n) is 2.61. The summed E-state index contributed by atoms with van der Waals surface area (Å²) in [6, 6.07) is 16.3. The number of nitrogens with one attached hydrogen (secondary N) is 1. The summed E-state index contributed by atoms with van der Waals surface area (Å²) in [7, 11) is 0. The number of para-hydroxylation sites is 1. The van der Waals surface area contributed by atoms with Crippen molar-refractivity contribution in [2.45, 2.75) is 24.8 Å². The van der Waals surface area contributed by atoms with E-state index in [9.17, 15) is 9.59 Å². The fraction of sp³-hybridized carbons (Fsp3) is 0.200. The van der Waals surface area contributed by atoms with Crippen LogP contribution in [0.25, 0.3) is 10.9 Å². The largest absolute Gasteiger partial charge is 0.487 e. The van der Waals surface area contributed by atoms with Gasteiger partial charge in [-0.1, -0.05) is 53.2 Å². The van der Waals surface area contributed by atoms with Crippen LogP contribution in [0.5, 0.6) is 5.75 Å². The number of rotatable bonds is 6. The Morgan fingerprint density at radius 3 is 2.76 bits per heavy atom. The smallest absolute Gasteiger partial charge is 0.248 e. The Kier molecular flexibility index (Phi) is 5.34. The molecule has 1 N–H and O–H groups in total. The van der Waals surface area contributed by atoms with Gasteiger partial charge in [0.2, 0.25) is 5.56 Å². The molecule has 25 heavy (non-hydrogen) atoms. The molecule has 0 spiro atoms. The molecule has 0 aliphatic carbocycles. The lowest BCUT2D eigenvalue weighted by atomic mass is 10.0. The third kappa shape index (κ3) is 3.99. The number of halogens is 1. The molecule has 0 saturated heterocycles. The molecule has 0 aliphatic rings. The molecule has 0 radical (unpaired) electrons. The number of pyridine rings is 1. The zero-order valence-corrected chi connectivity index (χ0v) is 15.4. The highest BCUT2D eigenvalue weighted by Crippen LogP contribution is 2.23. The molecule has 4 nitrogen and oxygen atoms in total. The maximum atomic E-state index is 12.3. The Hall–Kier alpha value is -2.40. The van der Waals surface area contributed by atoms with Crippen molar-refractivity contribution >= 4 is 32.6 Å². The number of ether oxygens (including phenoxy) is 1. The molecule has 1 atom stereocenters. The van der Waals surface area contributed by atoms with E-state index in [4.69, 9.17) is 4.74 Å². The lowest BCUT2D eigenvalue weighted by Crippen LogP contribution is -2.13. The van der Waals surface area contributed by atoms with Crippen LogP contribution in [-0.2, 0) is 6.61 Å². The summed E-state index contributed by atoms with van der Waals surface area (Å²) in [6.07, 6.45) is 0.739. The van der Waals surface area contributed by atoms with Gasteiger partial charge in [0.15, 0.2) is 5.78 Å². The second kappa shape index (κ2) is 7.66. The number of hydrogen-bond acceptors (Lipinski definition) is 3. The molecule has 0 saturated carbocycles. The summed E-state index contributed by atoms with van der Waals surface area (Å²) < 4.78 is 5.89. The Labute approximate surface area is 154 Å². The van der Waals surface area contributed by atoms with Crippen LogP contribution < -0.4 is 10.3 Å². The molecule has 128 valence electrons. The number of aromatic amines is 1. The van der Waals surface area contributed by atoms with Crippen LogP contribution in [0.1, 0.15) is 29.3 Å². The van der Waals surface area contributed by atoms with E-state index in [1.54, 1.807) is 6.07 Å². The van der Waals surface area contributed by atoms with Crippen molar-refractivity contribution in [3.05, 3.63) is 76.1 Å². The molecule has 0 amide bonds. The van der Waals surface area contributed by atoms with Crippen molar-refractivity contribution in [2.24, 2.45) is 0 Å². The predicted octanol–water partition coefficient (Wildman–Crippen LogP) is 4.46. The number of hydrogen-bond donors (Lipinski definition) is 1. The quantitative estimate of drug-likeness (QED) is 0.491. The van der Waals surface area contributed by atoms with Crippen molar-refractivity contribution in [2.75, 3.05) is 0 Å². The Bertz CT molecular complexity index is 964. The van der Waals surface area contributed by atoms with Gasteiger partial charge in [0.1, 0.15) is 12.4 Å². The molecular formula is C20H18BrNO3. The second-order valence-corrected chi connectivity index (χ2v) is 6.88. The number of alkyl halides is 1. The van der Waals surface area contributed by atoms with Gasteiger partial charge in [-0.05, 0) is 30.2 Å². The van der Waals surface area contributed by atoms with Gasteiger partial charge in [-0.2, -0.15) is 0 Å². The van der Waals surface area contributed by atoms with E-state index in [0.29, 0.717) is 23.4 Å². The maximum Gasteiger partial charge on any atom is 0.248 e. The summed E-state index contributed by atoms with van der Waals surface area (Å²) in [4.78, 5) is 26.5. The highest BCUT2D eigenvalue weighted by molar-refractivity contribution is 9.10. The number of carbonyl (C=O) groups is 1. The minimum absolute atomic E-state index is 0.0684. The highest BCUT2D eigenvalue weighted by atomic mass is 79.9. The first-order valence-electron chi connectivity index (χ1n) is 8.10. The highest BCUT2D eigenvalue weighted by Gasteiger charge is 2.15. The first-order chi connectivity index (χ1) is 12.1. The van der Waals surface area contributed by atoms with E-state index in [1.165, 1.54) is 6.07 Å². The van der Waals surface area contributed by atoms with E-state index < -0.39 is 0 Å². The first-order valence-corrected chi connectivity index (χ1v) is 9.02. The molecule has 0 fully saturated rings. The van der Waals surface area contributed by atoms with Crippen molar-refractivity contribution in [3.8, 4) is 5.75 Å².